The van der Waals surface area contributed by atoms with E-state index >= 15 is 0 Å². The zero-order valence-corrected chi connectivity index (χ0v) is 11.8. The zero-order chi connectivity index (χ0) is 15.1. The van der Waals surface area contributed by atoms with Crippen molar-refractivity contribution >= 4 is 28.2 Å². The molecule has 0 spiro atoms. The molecular weight excluding hydrogens is 296 g/mol. The van der Waals surface area contributed by atoms with Gasteiger partial charge in [0.15, 0.2) is 0 Å². The van der Waals surface area contributed by atoms with Crippen LogP contribution in [0.15, 0.2) is 12.1 Å². The number of aliphatic carboxylic acids is 1. The Morgan fingerprint density at radius 2 is 2.05 bits per heavy atom. The van der Waals surface area contributed by atoms with Crippen molar-refractivity contribution in [2.75, 3.05) is 0 Å². The number of nitrogens with one attached hydrogen (secondary N) is 1. The summed E-state index contributed by atoms with van der Waals surface area (Å²) in [6.45, 7) is 0. The monoisotopic (exact) mass is 310 g/mol. The van der Waals surface area contributed by atoms with E-state index in [0.717, 1.165) is 30.6 Å². The highest BCUT2D eigenvalue weighted by atomic mass is 32.1. The number of carboxylic acids is 1. The summed E-state index contributed by atoms with van der Waals surface area (Å²) in [5.74, 6) is -1.49. The van der Waals surface area contributed by atoms with Crippen molar-refractivity contribution in [3.63, 3.8) is 0 Å². The molecule has 0 aliphatic heterocycles. The number of fused-ring (bicyclic) bond motifs is 2. The fourth-order valence-corrected chi connectivity index (χ4v) is 4.35. The normalized spacial score (nSPS) is 30.3. The van der Waals surface area contributed by atoms with Crippen LogP contribution in [0.4, 0.5) is 5.00 Å². The van der Waals surface area contributed by atoms with Gasteiger partial charge >= 0.3 is 11.0 Å². The van der Waals surface area contributed by atoms with Crippen molar-refractivity contribution in [1.29, 1.82) is 0 Å². The van der Waals surface area contributed by atoms with Crippen LogP contribution in [0.1, 0.15) is 28.9 Å². The van der Waals surface area contributed by atoms with Gasteiger partial charge in [-0.3, -0.25) is 19.7 Å². The summed E-state index contributed by atoms with van der Waals surface area (Å²) in [7, 11) is 0. The smallest absolute Gasteiger partial charge is 0.324 e. The Bertz CT molecular complexity index is 613. The summed E-state index contributed by atoms with van der Waals surface area (Å²) >= 11 is 0.804. The van der Waals surface area contributed by atoms with Gasteiger partial charge in [0.2, 0.25) is 0 Å². The van der Waals surface area contributed by atoms with Gasteiger partial charge in [-0.15, -0.1) is 0 Å². The number of hydrogen-bond donors (Lipinski definition) is 2. The van der Waals surface area contributed by atoms with Gasteiger partial charge in [-0.1, -0.05) is 11.3 Å². The summed E-state index contributed by atoms with van der Waals surface area (Å²) in [4.78, 5) is 33.9. The fourth-order valence-electron chi connectivity index (χ4n) is 3.62. The maximum atomic E-state index is 12.2. The standard InChI is InChI=1S/C13H14N2O5S/c16-12(8-3-4-9(21-8)15(19)20)14-11-7-2-1-6(5-7)10(11)13(17)18/h3-4,6-7,10-11H,1-2,5H2,(H,14,16)(H,17,18). The molecule has 2 aliphatic carbocycles. The Morgan fingerprint density at radius 1 is 1.33 bits per heavy atom. The van der Waals surface area contributed by atoms with Crippen LogP contribution in [0.2, 0.25) is 0 Å². The Hall–Kier alpha value is -1.96. The largest absolute Gasteiger partial charge is 0.481 e. The Kier molecular flexibility index (Phi) is 3.40. The molecule has 1 aromatic rings. The van der Waals surface area contributed by atoms with E-state index in [1.54, 1.807) is 0 Å². The zero-order valence-electron chi connectivity index (χ0n) is 11.0. The Labute approximate surface area is 124 Å². The number of rotatable bonds is 4. The van der Waals surface area contributed by atoms with Gasteiger partial charge in [0.25, 0.3) is 5.91 Å². The fraction of sp³-hybridized carbons (Fsp3) is 0.538. The Balaban J connectivity index is 1.74. The van der Waals surface area contributed by atoms with Crippen molar-refractivity contribution in [2.45, 2.75) is 25.3 Å². The predicted octanol–water partition coefficient (Wildman–Crippen LogP) is 1.89. The minimum Gasteiger partial charge on any atom is -0.481 e. The molecular formula is C13H14N2O5S. The molecule has 21 heavy (non-hydrogen) atoms. The molecule has 2 saturated carbocycles. The third-order valence-corrected chi connectivity index (χ3v) is 5.53. The van der Waals surface area contributed by atoms with Crippen LogP contribution in [0.5, 0.6) is 0 Å². The molecule has 1 amide bonds. The maximum absolute atomic E-state index is 12.2. The molecule has 4 atom stereocenters. The number of nitrogens with zero attached hydrogens (tertiary/aromatic N) is 1. The minimum atomic E-state index is -0.871. The SMILES string of the molecule is O=C(NC1C2CCC(C2)C1C(=O)O)c1ccc([N+](=O)[O-])s1. The molecule has 0 saturated heterocycles. The summed E-state index contributed by atoms with van der Waals surface area (Å²) in [6.07, 6.45) is 2.68. The van der Waals surface area contributed by atoms with Crippen LogP contribution in [-0.4, -0.2) is 27.9 Å². The van der Waals surface area contributed by atoms with Crippen molar-refractivity contribution in [3.8, 4) is 0 Å². The number of carbonyl (C=O) groups excluding carboxylic acids is 1. The van der Waals surface area contributed by atoms with Gasteiger partial charge < -0.3 is 10.4 Å². The van der Waals surface area contributed by atoms with Crippen LogP contribution in [0, 0.1) is 27.9 Å². The highest BCUT2D eigenvalue weighted by Gasteiger charge is 2.51. The average molecular weight is 310 g/mol. The molecule has 0 aromatic carbocycles. The van der Waals surface area contributed by atoms with Gasteiger partial charge in [-0.25, -0.2) is 0 Å². The lowest BCUT2D eigenvalue weighted by atomic mass is 9.84. The van der Waals surface area contributed by atoms with E-state index in [0.29, 0.717) is 0 Å². The van der Waals surface area contributed by atoms with Crippen LogP contribution >= 0.6 is 11.3 Å². The average Bonchev–Trinajstić information content (AvgIpc) is 3.13. The number of carbonyl (C=O) groups is 2. The summed E-state index contributed by atoms with van der Waals surface area (Å²) < 4.78 is 0. The van der Waals surface area contributed by atoms with Crippen molar-refractivity contribution < 1.29 is 19.6 Å². The second-order valence-electron chi connectivity index (χ2n) is 5.59. The first-order valence-electron chi connectivity index (χ1n) is 6.75. The molecule has 2 bridgehead atoms. The van der Waals surface area contributed by atoms with Gasteiger partial charge in [-0.05, 0) is 37.2 Å². The number of nitro groups is 1. The lowest BCUT2D eigenvalue weighted by Gasteiger charge is -2.28. The van der Waals surface area contributed by atoms with E-state index in [4.69, 9.17) is 0 Å². The molecule has 2 aliphatic rings. The second kappa shape index (κ2) is 5.10. The van der Waals surface area contributed by atoms with Crippen LogP contribution < -0.4 is 5.32 Å². The third kappa shape index (κ3) is 2.39. The molecule has 1 aromatic heterocycles. The summed E-state index contributed by atoms with van der Waals surface area (Å²) in [5, 5.41) is 22.6. The highest BCUT2D eigenvalue weighted by molar-refractivity contribution is 7.17. The third-order valence-electron chi connectivity index (χ3n) is 4.49. The number of hydrogen-bond acceptors (Lipinski definition) is 5. The molecule has 112 valence electrons. The number of amides is 1. The molecule has 7 nitrogen and oxygen atoms in total. The number of carboxylic acid groups (broad SMARTS) is 1. The predicted molar refractivity (Wildman–Crippen MR) is 74.2 cm³/mol. The van der Waals surface area contributed by atoms with E-state index in [9.17, 15) is 24.8 Å². The molecule has 3 rings (SSSR count). The maximum Gasteiger partial charge on any atom is 0.324 e. The first kappa shape index (κ1) is 14.0. The van der Waals surface area contributed by atoms with E-state index < -0.39 is 22.7 Å². The molecule has 0 radical (unpaired) electrons. The topological polar surface area (TPSA) is 110 Å². The minimum absolute atomic E-state index is 0.0946. The molecule has 2 N–H and O–H groups in total. The van der Waals surface area contributed by atoms with Gasteiger partial charge in [0.05, 0.1) is 15.7 Å². The quantitative estimate of drug-likeness (QED) is 0.652. The van der Waals surface area contributed by atoms with Crippen molar-refractivity contribution in [2.24, 2.45) is 17.8 Å². The van der Waals surface area contributed by atoms with Crippen molar-refractivity contribution in [1.82, 2.24) is 5.32 Å². The molecule has 2 fully saturated rings. The first-order valence-corrected chi connectivity index (χ1v) is 7.57. The second-order valence-corrected chi connectivity index (χ2v) is 6.65. The van der Waals surface area contributed by atoms with Crippen LogP contribution in [0.25, 0.3) is 0 Å². The van der Waals surface area contributed by atoms with Gasteiger partial charge in [0, 0.05) is 12.1 Å². The Morgan fingerprint density at radius 3 is 2.67 bits per heavy atom. The molecule has 8 heteroatoms. The summed E-state index contributed by atoms with van der Waals surface area (Å²) in [5.41, 5.74) is 0. The van der Waals surface area contributed by atoms with Crippen LogP contribution in [0.3, 0.4) is 0 Å². The lowest BCUT2D eigenvalue weighted by Crippen LogP contribution is -2.46. The van der Waals surface area contributed by atoms with E-state index in [1.807, 2.05) is 0 Å². The first-order chi connectivity index (χ1) is 9.97. The summed E-state index contributed by atoms with van der Waals surface area (Å²) in [6, 6.07) is 2.32. The lowest BCUT2D eigenvalue weighted by molar-refractivity contribution is -0.380. The number of thiophene rings is 1. The van der Waals surface area contributed by atoms with E-state index in [1.165, 1.54) is 12.1 Å². The van der Waals surface area contributed by atoms with E-state index in [-0.39, 0.29) is 27.8 Å². The van der Waals surface area contributed by atoms with Crippen LogP contribution in [-0.2, 0) is 4.79 Å². The van der Waals surface area contributed by atoms with Crippen molar-refractivity contribution in [3.05, 3.63) is 27.1 Å². The van der Waals surface area contributed by atoms with Gasteiger partial charge in [-0.2, -0.15) is 0 Å². The van der Waals surface area contributed by atoms with Gasteiger partial charge in [0.1, 0.15) is 0 Å². The molecule has 1 heterocycles. The highest BCUT2D eigenvalue weighted by Crippen LogP contribution is 2.48. The molecule has 4 unspecified atom stereocenters. The van der Waals surface area contributed by atoms with E-state index in [2.05, 4.69) is 5.32 Å².